The number of nitrogens with zero attached hydrogens (tertiary/aromatic N) is 5. The molecule has 3 aliphatic heterocycles. The van der Waals surface area contributed by atoms with Crippen molar-refractivity contribution in [3.05, 3.63) is 47.0 Å². The molecule has 2 aromatic rings. The molecule has 4 heterocycles. The van der Waals surface area contributed by atoms with Gasteiger partial charge in [-0.05, 0) is 44.0 Å². The van der Waals surface area contributed by atoms with Crippen molar-refractivity contribution in [2.45, 2.75) is 57.4 Å². The summed E-state index contributed by atoms with van der Waals surface area (Å²) in [6.07, 6.45) is 2.20. The minimum atomic E-state index is -3.77. The largest absolute Gasteiger partial charge is 0.480 e. The highest BCUT2D eigenvalue weighted by molar-refractivity contribution is 7.93. The lowest BCUT2D eigenvalue weighted by Crippen LogP contribution is -2.46. The molecule has 1 N–H and O–H groups in total. The molecule has 3 aliphatic rings. The maximum absolute atomic E-state index is 13.6. The van der Waals surface area contributed by atoms with Gasteiger partial charge in [-0.25, -0.2) is 21.6 Å². The fraction of sp³-hybridized carbons (Fsp3) is 0.522. The number of carboxylic acid groups (broad SMARTS) is 1. The first kappa shape index (κ1) is 25.5. The molecule has 2 fully saturated rings. The lowest BCUT2D eigenvalue weighted by Gasteiger charge is -2.35. The second kappa shape index (κ2) is 9.31. The maximum Gasteiger partial charge on any atom is 0.320 e. The number of carbonyl (C=O) groups is 2. The Morgan fingerprint density at radius 2 is 1.86 bits per heavy atom. The molecular weight excluding hydrogens is 515 g/mol. The number of likely N-dealkylation sites (tertiary alicyclic amines) is 1. The van der Waals surface area contributed by atoms with Crippen LogP contribution in [0, 0.1) is 17.5 Å². The van der Waals surface area contributed by atoms with Crippen LogP contribution in [0.3, 0.4) is 0 Å². The average molecular weight is 542 g/mol. The van der Waals surface area contributed by atoms with Crippen LogP contribution in [0.5, 0.6) is 0 Å². The third kappa shape index (κ3) is 4.56. The van der Waals surface area contributed by atoms with Crippen molar-refractivity contribution in [2.24, 2.45) is 0 Å². The number of benzene rings is 1. The van der Waals surface area contributed by atoms with Crippen molar-refractivity contribution < 1.29 is 36.3 Å². The number of aliphatic carboxylic acids is 1. The Balaban J connectivity index is 1.37. The normalized spacial score (nSPS) is 25.5. The molecule has 10 nitrogen and oxygen atoms in total. The van der Waals surface area contributed by atoms with Crippen LogP contribution in [-0.4, -0.2) is 81.9 Å². The SMILES string of the molecule is C[C@H]1Cn2ncc(N3CC(N4CCC[C@H]4C(=O)O)CS3(=O)=O)c2CN1C(=O)Cc1cc(F)c(F)c(F)c1. The average Bonchev–Trinajstić information content (AvgIpc) is 3.53. The molecule has 1 unspecified atom stereocenters. The summed E-state index contributed by atoms with van der Waals surface area (Å²) in [7, 11) is -3.77. The first-order valence-electron chi connectivity index (χ1n) is 11.9. The number of carboxylic acids is 1. The van der Waals surface area contributed by atoms with Crippen molar-refractivity contribution >= 4 is 27.6 Å². The zero-order chi connectivity index (χ0) is 26.6. The van der Waals surface area contributed by atoms with Gasteiger partial charge in [0.2, 0.25) is 15.9 Å². The monoisotopic (exact) mass is 541 g/mol. The molecule has 0 radical (unpaired) electrons. The molecule has 200 valence electrons. The van der Waals surface area contributed by atoms with Crippen LogP contribution in [0.4, 0.5) is 18.9 Å². The zero-order valence-corrected chi connectivity index (χ0v) is 20.8. The highest BCUT2D eigenvalue weighted by atomic mass is 32.2. The molecular formula is C23H26F3N5O5S. The van der Waals surface area contributed by atoms with Crippen LogP contribution in [-0.2, 0) is 39.1 Å². The minimum absolute atomic E-state index is 0.0135. The van der Waals surface area contributed by atoms with E-state index >= 15 is 0 Å². The molecule has 1 aromatic heterocycles. The standard InChI is InChI=1S/C23H26F3N5O5S/c1-13-9-30-20(11-29(13)21(32)7-14-5-16(24)22(26)17(25)6-14)19(8-27-30)31-10-15(12-37(31,35)36)28-4-2-3-18(28)23(33)34/h5-6,8,13,15,18H,2-4,7,9-12H2,1H3,(H,33,34)/t13-,15?,18-/m0/s1. The van der Waals surface area contributed by atoms with E-state index in [9.17, 15) is 36.3 Å². The summed E-state index contributed by atoms with van der Waals surface area (Å²) < 4.78 is 69.7. The Morgan fingerprint density at radius 1 is 1.16 bits per heavy atom. The molecule has 0 saturated carbocycles. The van der Waals surface area contributed by atoms with Gasteiger partial charge in [-0.2, -0.15) is 5.10 Å². The summed E-state index contributed by atoms with van der Waals surface area (Å²) in [5.41, 5.74) is 0.789. The molecule has 0 spiro atoms. The molecule has 0 bridgehead atoms. The van der Waals surface area contributed by atoms with Gasteiger partial charge in [0, 0.05) is 12.1 Å². The smallest absolute Gasteiger partial charge is 0.320 e. The molecule has 5 rings (SSSR count). The van der Waals surface area contributed by atoms with Gasteiger partial charge in [-0.3, -0.25) is 23.5 Å². The van der Waals surface area contributed by atoms with E-state index in [2.05, 4.69) is 5.10 Å². The number of fused-ring (bicyclic) bond motifs is 1. The van der Waals surface area contributed by atoms with Crippen LogP contribution in [0.2, 0.25) is 0 Å². The maximum atomic E-state index is 13.6. The summed E-state index contributed by atoms with van der Waals surface area (Å²) in [4.78, 5) is 27.9. The molecule has 14 heteroatoms. The number of anilines is 1. The van der Waals surface area contributed by atoms with Gasteiger partial charge in [-0.1, -0.05) is 0 Å². The summed E-state index contributed by atoms with van der Waals surface area (Å²) >= 11 is 0. The van der Waals surface area contributed by atoms with Crippen LogP contribution in [0.15, 0.2) is 18.3 Å². The number of halogens is 3. The topological polar surface area (TPSA) is 116 Å². The van der Waals surface area contributed by atoms with E-state index in [0.29, 0.717) is 30.8 Å². The summed E-state index contributed by atoms with van der Waals surface area (Å²) in [6.45, 7) is 2.64. The molecule has 0 aliphatic carbocycles. The minimum Gasteiger partial charge on any atom is -0.480 e. The predicted octanol–water partition coefficient (Wildman–Crippen LogP) is 1.34. The fourth-order valence-corrected chi connectivity index (χ4v) is 7.36. The second-order valence-corrected chi connectivity index (χ2v) is 11.7. The summed E-state index contributed by atoms with van der Waals surface area (Å²) in [5.74, 6) is -6.02. The molecule has 1 aromatic carbocycles. The van der Waals surface area contributed by atoms with Crippen molar-refractivity contribution in [3.8, 4) is 0 Å². The van der Waals surface area contributed by atoms with Gasteiger partial charge in [0.1, 0.15) is 6.04 Å². The quantitative estimate of drug-likeness (QED) is 0.568. The van der Waals surface area contributed by atoms with E-state index in [1.54, 1.807) is 16.5 Å². The number of sulfonamides is 1. The van der Waals surface area contributed by atoms with E-state index in [1.165, 1.54) is 15.4 Å². The third-order valence-corrected chi connectivity index (χ3v) is 9.19. The molecule has 2 saturated heterocycles. The number of rotatable bonds is 5. The number of hydrogen-bond donors (Lipinski definition) is 1. The zero-order valence-electron chi connectivity index (χ0n) is 20.0. The van der Waals surface area contributed by atoms with E-state index in [0.717, 1.165) is 12.1 Å². The van der Waals surface area contributed by atoms with Crippen molar-refractivity contribution in [3.63, 3.8) is 0 Å². The number of amides is 1. The van der Waals surface area contributed by atoms with Crippen LogP contribution < -0.4 is 4.31 Å². The molecule has 3 atom stereocenters. The van der Waals surface area contributed by atoms with Crippen molar-refractivity contribution in [1.82, 2.24) is 19.6 Å². The summed E-state index contributed by atoms with van der Waals surface area (Å²) in [6, 6.07) is -0.00335. The first-order valence-corrected chi connectivity index (χ1v) is 13.5. The van der Waals surface area contributed by atoms with E-state index in [1.807, 2.05) is 0 Å². The van der Waals surface area contributed by atoms with E-state index < -0.39 is 51.4 Å². The van der Waals surface area contributed by atoms with Crippen molar-refractivity contribution in [1.29, 1.82) is 0 Å². The van der Waals surface area contributed by atoms with Gasteiger partial charge in [-0.15, -0.1) is 0 Å². The van der Waals surface area contributed by atoms with Gasteiger partial charge in [0.15, 0.2) is 17.5 Å². The Morgan fingerprint density at radius 3 is 2.54 bits per heavy atom. The predicted molar refractivity (Wildman–Crippen MR) is 125 cm³/mol. The van der Waals surface area contributed by atoms with E-state index in [-0.39, 0.29) is 43.4 Å². The number of hydrogen-bond acceptors (Lipinski definition) is 6. The number of aromatic nitrogens is 2. The van der Waals surface area contributed by atoms with E-state index in [4.69, 9.17) is 0 Å². The Bertz CT molecular complexity index is 1340. The Hall–Kier alpha value is -3.13. The lowest BCUT2D eigenvalue weighted by atomic mass is 10.1. The lowest BCUT2D eigenvalue weighted by molar-refractivity contribution is -0.142. The molecule has 37 heavy (non-hydrogen) atoms. The first-order chi connectivity index (χ1) is 17.5. The van der Waals surface area contributed by atoms with Gasteiger partial charge >= 0.3 is 5.97 Å². The highest BCUT2D eigenvalue weighted by Crippen LogP contribution is 2.34. The second-order valence-electron chi connectivity index (χ2n) is 9.78. The number of carbonyl (C=O) groups excluding carboxylic acids is 1. The van der Waals surface area contributed by atoms with Gasteiger partial charge in [0.25, 0.3) is 0 Å². The van der Waals surface area contributed by atoms with Gasteiger partial charge < -0.3 is 10.0 Å². The third-order valence-electron chi connectivity index (χ3n) is 7.37. The molecule has 1 amide bonds. The van der Waals surface area contributed by atoms with Crippen LogP contribution >= 0.6 is 0 Å². The van der Waals surface area contributed by atoms with Gasteiger partial charge in [0.05, 0.1) is 49.4 Å². The highest BCUT2D eigenvalue weighted by Gasteiger charge is 2.46. The Kier molecular flexibility index (Phi) is 6.42. The summed E-state index contributed by atoms with van der Waals surface area (Å²) in [5, 5.41) is 13.8. The Labute approximate surface area is 211 Å². The van der Waals surface area contributed by atoms with Crippen LogP contribution in [0.25, 0.3) is 0 Å². The fourth-order valence-electron chi connectivity index (χ4n) is 5.55. The van der Waals surface area contributed by atoms with Crippen molar-refractivity contribution in [2.75, 3.05) is 23.1 Å². The van der Waals surface area contributed by atoms with Crippen LogP contribution in [0.1, 0.15) is 31.0 Å².